The minimum Gasteiger partial charge on any atom is -0.490 e. The van der Waals surface area contributed by atoms with Crippen molar-refractivity contribution in [2.45, 2.75) is 27.3 Å². The van der Waals surface area contributed by atoms with Crippen LogP contribution in [0, 0.1) is 0 Å². The predicted molar refractivity (Wildman–Crippen MR) is 135 cm³/mol. The number of hydrogen-bond donors (Lipinski definition) is 1. The summed E-state index contributed by atoms with van der Waals surface area (Å²) in [4.78, 5) is 6.83. The van der Waals surface area contributed by atoms with Crippen LogP contribution in [0.3, 0.4) is 0 Å². The van der Waals surface area contributed by atoms with Gasteiger partial charge in [-0.15, -0.1) is 0 Å². The van der Waals surface area contributed by atoms with E-state index >= 15 is 0 Å². The summed E-state index contributed by atoms with van der Waals surface area (Å²) in [6.07, 6.45) is 2.03. The number of halogens is 1. The first-order valence-corrected chi connectivity index (χ1v) is 11.0. The molecule has 32 heavy (non-hydrogen) atoms. The fourth-order valence-corrected chi connectivity index (χ4v) is 3.15. The molecule has 0 saturated heterocycles. The van der Waals surface area contributed by atoms with Gasteiger partial charge in [0.15, 0.2) is 0 Å². The summed E-state index contributed by atoms with van der Waals surface area (Å²) in [6, 6.07) is 15.8. The number of aliphatic imine (C=N–C) groups is 1. The normalized spacial score (nSPS) is 12.0. The first kappa shape index (κ1) is 25.5. The lowest BCUT2D eigenvalue weighted by Crippen LogP contribution is -2.16. The van der Waals surface area contributed by atoms with Gasteiger partial charge in [-0.2, -0.15) is 4.99 Å². The Bertz CT molecular complexity index is 959. The number of allylic oxidation sites excluding steroid dienone is 1. The Morgan fingerprint density at radius 2 is 1.78 bits per heavy atom. The number of nitrogens with one attached hydrogen (secondary N) is 1. The predicted octanol–water partition coefficient (Wildman–Crippen LogP) is 5.77. The molecule has 0 fully saturated rings. The van der Waals surface area contributed by atoms with Gasteiger partial charge in [0, 0.05) is 24.2 Å². The van der Waals surface area contributed by atoms with Gasteiger partial charge in [-0.3, -0.25) is 0 Å². The molecule has 1 N–H and O–H groups in total. The van der Waals surface area contributed by atoms with E-state index < -0.39 is 0 Å². The van der Waals surface area contributed by atoms with Gasteiger partial charge in [-0.25, -0.2) is 0 Å². The summed E-state index contributed by atoms with van der Waals surface area (Å²) < 4.78 is 12.0. The van der Waals surface area contributed by atoms with Crippen molar-refractivity contribution < 1.29 is 9.47 Å². The quantitative estimate of drug-likeness (QED) is 0.280. The largest absolute Gasteiger partial charge is 0.490 e. The van der Waals surface area contributed by atoms with Gasteiger partial charge in [0.05, 0.1) is 0 Å². The second-order valence-corrected chi connectivity index (χ2v) is 8.41. The topological polar surface area (TPSA) is 46.1 Å². The van der Waals surface area contributed by atoms with E-state index in [1.54, 1.807) is 0 Å². The molecule has 0 saturated carbocycles. The molecule has 2 aromatic rings. The van der Waals surface area contributed by atoms with Crippen molar-refractivity contribution in [1.82, 2.24) is 10.2 Å². The van der Waals surface area contributed by atoms with E-state index in [1.807, 2.05) is 84.4 Å². The van der Waals surface area contributed by atoms with E-state index in [2.05, 4.69) is 22.3 Å². The van der Waals surface area contributed by atoms with E-state index in [-0.39, 0.29) is 0 Å². The molecule has 2 rings (SSSR count). The highest BCUT2D eigenvalue weighted by molar-refractivity contribution is 6.30. The van der Waals surface area contributed by atoms with E-state index in [9.17, 15) is 0 Å². The lowest BCUT2D eigenvalue weighted by Gasteiger charge is -2.14. The Morgan fingerprint density at radius 3 is 2.41 bits per heavy atom. The molecular formula is C26H34ClN3O2. The Hall–Kier alpha value is -2.76. The molecule has 172 valence electrons. The fraction of sp³-hybridized carbons (Fsp3) is 0.346. The maximum atomic E-state index is 6.05. The monoisotopic (exact) mass is 455 g/mol. The minimum atomic E-state index is 0.377. The van der Waals surface area contributed by atoms with Gasteiger partial charge < -0.3 is 19.7 Å². The van der Waals surface area contributed by atoms with Crippen LogP contribution < -0.4 is 10.1 Å². The van der Waals surface area contributed by atoms with Gasteiger partial charge in [0.25, 0.3) is 0 Å². The van der Waals surface area contributed by atoms with Crippen LogP contribution in [-0.4, -0.2) is 45.2 Å². The molecule has 0 bridgehead atoms. The van der Waals surface area contributed by atoms with E-state index in [1.165, 1.54) is 5.56 Å². The van der Waals surface area contributed by atoms with Gasteiger partial charge in [-0.05, 0) is 81.9 Å². The second kappa shape index (κ2) is 12.9. The number of rotatable bonds is 10. The van der Waals surface area contributed by atoms with Gasteiger partial charge in [0.1, 0.15) is 24.8 Å². The number of nitrogens with zero attached hydrogens (tertiary/aromatic N) is 2. The molecule has 0 aliphatic rings. The van der Waals surface area contributed by atoms with Crippen molar-refractivity contribution in [3.05, 3.63) is 81.6 Å². The van der Waals surface area contributed by atoms with Gasteiger partial charge in [-0.1, -0.05) is 35.9 Å². The third-order valence-electron chi connectivity index (χ3n) is 4.50. The van der Waals surface area contributed by atoms with Crippen LogP contribution in [-0.2, 0) is 11.3 Å². The van der Waals surface area contributed by atoms with Gasteiger partial charge >= 0.3 is 0 Å². The van der Waals surface area contributed by atoms with Crippen LogP contribution in [0.4, 0.5) is 0 Å². The van der Waals surface area contributed by atoms with Crippen molar-refractivity contribution in [3.63, 3.8) is 0 Å². The number of ether oxygens (including phenoxy) is 2. The Balaban J connectivity index is 2.09. The lowest BCUT2D eigenvalue weighted by molar-refractivity contribution is 0.209. The van der Waals surface area contributed by atoms with E-state index in [0.717, 1.165) is 34.8 Å². The molecule has 5 nitrogen and oxygen atoms in total. The standard InChI is InChI=1S/C26H34ClN3O2/c1-19(2)25(28-4)29-26(20(3)16-21-10-12-23(27)13-11-21)32-15-14-31-24-9-7-8-22(17-24)18-30(5)6/h7-13,16-17,28H,14-15,18H2,1-6H3/b20-16-,29-26?. The zero-order valence-corrected chi connectivity index (χ0v) is 20.7. The van der Waals surface area contributed by atoms with Crippen LogP contribution in [0.15, 0.2) is 70.5 Å². The molecular weight excluding hydrogens is 422 g/mol. The van der Waals surface area contributed by atoms with Crippen molar-refractivity contribution >= 4 is 23.6 Å². The Morgan fingerprint density at radius 1 is 1.06 bits per heavy atom. The zero-order valence-electron chi connectivity index (χ0n) is 19.9. The maximum Gasteiger partial charge on any atom is 0.218 e. The average molecular weight is 456 g/mol. The van der Waals surface area contributed by atoms with Gasteiger partial charge in [0.2, 0.25) is 5.90 Å². The Labute approximate surface area is 197 Å². The molecule has 0 unspecified atom stereocenters. The van der Waals surface area contributed by atoms with Crippen LogP contribution in [0.2, 0.25) is 5.02 Å². The summed E-state index contributed by atoms with van der Waals surface area (Å²) in [6.45, 7) is 7.67. The molecule has 0 spiro atoms. The fourth-order valence-electron chi connectivity index (χ4n) is 3.02. The number of hydrogen-bond acceptors (Lipinski definition) is 5. The second-order valence-electron chi connectivity index (χ2n) is 7.98. The number of benzene rings is 2. The van der Waals surface area contributed by atoms with Crippen LogP contribution in [0.1, 0.15) is 31.9 Å². The highest BCUT2D eigenvalue weighted by Gasteiger charge is 2.08. The zero-order chi connectivity index (χ0) is 23.5. The summed E-state index contributed by atoms with van der Waals surface area (Å²) in [7, 11) is 5.95. The van der Waals surface area contributed by atoms with Crippen LogP contribution in [0.5, 0.6) is 5.75 Å². The third-order valence-corrected chi connectivity index (χ3v) is 4.75. The van der Waals surface area contributed by atoms with Crippen molar-refractivity contribution in [3.8, 4) is 5.75 Å². The maximum absolute atomic E-state index is 6.05. The molecule has 0 heterocycles. The molecule has 0 atom stereocenters. The molecule has 0 amide bonds. The van der Waals surface area contributed by atoms with E-state index in [4.69, 9.17) is 26.1 Å². The molecule has 6 heteroatoms. The average Bonchev–Trinajstić information content (AvgIpc) is 2.74. The molecule has 0 aromatic heterocycles. The highest BCUT2D eigenvalue weighted by atomic mass is 35.5. The smallest absolute Gasteiger partial charge is 0.218 e. The highest BCUT2D eigenvalue weighted by Crippen LogP contribution is 2.16. The van der Waals surface area contributed by atoms with Crippen molar-refractivity contribution in [1.29, 1.82) is 0 Å². The first-order valence-electron chi connectivity index (χ1n) is 10.7. The molecule has 0 radical (unpaired) electrons. The molecule has 0 aliphatic carbocycles. The van der Waals surface area contributed by atoms with Crippen LogP contribution >= 0.6 is 11.6 Å². The van der Waals surface area contributed by atoms with Crippen molar-refractivity contribution in [2.75, 3.05) is 34.4 Å². The SMILES string of the molecule is CNC(N=C(OCCOc1cccc(CN(C)C)c1)/C(C)=C\c1ccc(Cl)cc1)=C(C)C. The molecule has 2 aromatic carbocycles. The molecule has 0 aliphatic heterocycles. The van der Waals surface area contributed by atoms with Crippen molar-refractivity contribution in [2.24, 2.45) is 4.99 Å². The lowest BCUT2D eigenvalue weighted by atomic mass is 10.1. The summed E-state index contributed by atoms with van der Waals surface area (Å²) in [5.41, 5.74) is 4.22. The first-order chi connectivity index (χ1) is 15.3. The third kappa shape index (κ3) is 8.77. The van der Waals surface area contributed by atoms with E-state index in [0.29, 0.717) is 24.1 Å². The summed E-state index contributed by atoms with van der Waals surface area (Å²) in [5, 5.41) is 3.84. The summed E-state index contributed by atoms with van der Waals surface area (Å²) >= 11 is 6.00. The van der Waals surface area contributed by atoms with Crippen LogP contribution in [0.25, 0.3) is 6.08 Å². The minimum absolute atomic E-state index is 0.377. The summed E-state index contributed by atoms with van der Waals surface area (Å²) in [5.74, 6) is 2.16. The Kier molecular flexibility index (Phi) is 10.3.